The van der Waals surface area contributed by atoms with Crippen LogP contribution < -0.4 is 5.32 Å². The third kappa shape index (κ3) is 5.68. The van der Waals surface area contributed by atoms with Crippen molar-refractivity contribution in [1.29, 1.82) is 0 Å². The molecule has 2 aliphatic rings. The zero-order valence-electron chi connectivity index (χ0n) is 15.0. The van der Waals surface area contributed by atoms with Gasteiger partial charge in [0.15, 0.2) is 0 Å². The first-order chi connectivity index (χ1) is 12.1. The van der Waals surface area contributed by atoms with Crippen molar-refractivity contribution >= 4 is 24.2 Å². The fraction of sp³-hybridized carbons (Fsp3) is 0.579. The van der Waals surface area contributed by atoms with Crippen LogP contribution in [-0.2, 0) is 16.0 Å². The lowest BCUT2D eigenvalue weighted by Crippen LogP contribution is -2.39. The highest BCUT2D eigenvalue weighted by Gasteiger charge is 2.25. The standard InChI is InChI=1S/C19H26FN3O2.ClH/c20-16-5-1-4-15(12-16)13-18(24)22-8-3-9-23(11-10-22)19(25)14-17-6-2-7-21-17;/h1,4-5,12,17,21H,2-3,6-11,13-14H2;1H. The predicted molar refractivity (Wildman–Crippen MR) is 101 cm³/mol. The molecule has 1 aromatic carbocycles. The number of rotatable bonds is 4. The van der Waals surface area contributed by atoms with Crippen LogP contribution in [0.15, 0.2) is 24.3 Å². The van der Waals surface area contributed by atoms with Crippen LogP contribution in [0.1, 0.15) is 31.2 Å². The Kier molecular flexibility index (Phi) is 7.85. The topological polar surface area (TPSA) is 52.7 Å². The zero-order chi connectivity index (χ0) is 17.6. The van der Waals surface area contributed by atoms with Crippen LogP contribution in [0.2, 0.25) is 0 Å². The van der Waals surface area contributed by atoms with Gasteiger partial charge < -0.3 is 15.1 Å². The number of nitrogens with one attached hydrogen (secondary N) is 1. The summed E-state index contributed by atoms with van der Waals surface area (Å²) in [6, 6.07) is 6.48. The summed E-state index contributed by atoms with van der Waals surface area (Å²) in [6.45, 7) is 3.49. The van der Waals surface area contributed by atoms with E-state index in [0.717, 1.165) is 25.8 Å². The van der Waals surface area contributed by atoms with Crippen LogP contribution in [0.5, 0.6) is 0 Å². The Labute approximate surface area is 160 Å². The van der Waals surface area contributed by atoms with Gasteiger partial charge in [-0.2, -0.15) is 0 Å². The minimum absolute atomic E-state index is 0. The molecule has 0 radical (unpaired) electrons. The number of carbonyl (C=O) groups is 2. The minimum atomic E-state index is -0.321. The van der Waals surface area contributed by atoms with Crippen LogP contribution in [0.25, 0.3) is 0 Å². The Balaban J connectivity index is 0.00000243. The number of halogens is 2. The minimum Gasteiger partial charge on any atom is -0.341 e. The molecular formula is C19H27ClFN3O2. The van der Waals surface area contributed by atoms with Crippen molar-refractivity contribution in [3.8, 4) is 0 Å². The SMILES string of the molecule is Cl.O=C(Cc1cccc(F)c1)N1CCCN(C(=O)CC2CCCN2)CC1. The maximum absolute atomic E-state index is 13.3. The number of benzene rings is 1. The van der Waals surface area contributed by atoms with Crippen LogP contribution in [0, 0.1) is 5.82 Å². The molecule has 0 aromatic heterocycles. The van der Waals surface area contributed by atoms with Crippen LogP contribution in [0.4, 0.5) is 4.39 Å². The highest BCUT2D eigenvalue weighted by Crippen LogP contribution is 2.13. The van der Waals surface area contributed by atoms with Crippen LogP contribution >= 0.6 is 12.4 Å². The molecule has 1 N–H and O–H groups in total. The van der Waals surface area contributed by atoms with Crippen molar-refractivity contribution in [3.05, 3.63) is 35.6 Å². The van der Waals surface area contributed by atoms with Crippen molar-refractivity contribution in [1.82, 2.24) is 15.1 Å². The molecule has 2 saturated heterocycles. The van der Waals surface area contributed by atoms with E-state index in [1.165, 1.54) is 12.1 Å². The Hall–Kier alpha value is -1.66. The summed E-state index contributed by atoms with van der Waals surface area (Å²) in [7, 11) is 0. The van der Waals surface area contributed by atoms with Crippen molar-refractivity contribution < 1.29 is 14.0 Å². The Bertz CT molecular complexity index is 623. The molecular weight excluding hydrogens is 357 g/mol. The van der Waals surface area contributed by atoms with Gasteiger partial charge in [-0.15, -0.1) is 12.4 Å². The third-order valence-corrected chi connectivity index (χ3v) is 5.03. The lowest BCUT2D eigenvalue weighted by atomic mass is 10.1. The average Bonchev–Trinajstić information content (AvgIpc) is 2.95. The van der Waals surface area contributed by atoms with Crippen LogP contribution in [0.3, 0.4) is 0 Å². The van der Waals surface area contributed by atoms with Gasteiger partial charge in [-0.1, -0.05) is 12.1 Å². The summed E-state index contributed by atoms with van der Waals surface area (Å²) >= 11 is 0. The van der Waals surface area contributed by atoms with Gasteiger partial charge in [-0.3, -0.25) is 9.59 Å². The monoisotopic (exact) mass is 383 g/mol. The first-order valence-electron chi connectivity index (χ1n) is 9.15. The summed E-state index contributed by atoms with van der Waals surface area (Å²) in [5, 5.41) is 3.36. The number of hydrogen-bond donors (Lipinski definition) is 1. The first kappa shape index (κ1) is 20.6. The fourth-order valence-electron chi connectivity index (χ4n) is 3.62. The quantitative estimate of drug-likeness (QED) is 0.865. The highest BCUT2D eigenvalue weighted by molar-refractivity contribution is 5.85. The van der Waals surface area contributed by atoms with Crippen molar-refractivity contribution in [2.45, 2.75) is 38.1 Å². The van der Waals surface area contributed by atoms with Gasteiger partial charge in [-0.25, -0.2) is 4.39 Å². The lowest BCUT2D eigenvalue weighted by Gasteiger charge is -2.23. The smallest absolute Gasteiger partial charge is 0.227 e. The molecule has 3 rings (SSSR count). The zero-order valence-corrected chi connectivity index (χ0v) is 15.8. The van der Waals surface area contributed by atoms with E-state index in [1.54, 1.807) is 17.0 Å². The normalized spacial score (nSPS) is 20.4. The van der Waals surface area contributed by atoms with E-state index >= 15 is 0 Å². The van der Waals surface area contributed by atoms with Gasteiger partial charge >= 0.3 is 0 Å². The van der Waals surface area contributed by atoms with E-state index in [9.17, 15) is 14.0 Å². The molecule has 1 aromatic rings. The van der Waals surface area contributed by atoms with E-state index in [-0.39, 0.29) is 36.5 Å². The van der Waals surface area contributed by atoms with Crippen LogP contribution in [-0.4, -0.2) is 60.4 Å². The molecule has 0 spiro atoms. The van der Waals surface area contributed by atoms with Gasteiger partial charge in [0.25, 0.3) is 0 Å². The van der Waals surface area contributed by atoms with E-state index in [4.69, 9.17) is 0 Å². The molecule has 2 amide bonds. The fourth-order valence-corrected chi connectivity index (χ4v) is 3.62. The third-order valence-electron chi connectivity index (χ3n) is 5.03. The molecule has 0 aliphatic carbocycles. The first-order valence-corrected chi connectivity index (χ1v) is 9.15. The summed E-state index contributed by atoms with van der Waals surface area (Å²) in [6.07, 6.45) is 3.76. The molecule has 5 nitrogen and oxygen atoms in total. The molecule has 144 valence electrons. The molecule has 26 heavy (non-hydrogen) atoms. The molecule has 7 heteroatoms. The number of nitrogens with zero attached hydrogens (tertiary/aromatic N) is 2. The molecule has 1 atom stereocenters. The summed E-state index contributed by atoms with van der Waals surface area (Å²) in [5.41, 5.74) is 0.689. The second-order valence-corrected chi connectivity index (χ2v) is 6.92. The molecule has 2 heterocycles. The predicted octanol–water partition coefficient (Wildman–Crippen LogP) is 1.99. The molecule has 0 saturated carbocycles. The van der Waals surface area contributed by atoms with E-state index < -0.39 is 0 Å². The maximum Gasteiger partial charge on any atom is 0.227 e. The Morgan fingerprint density at radius 2 is 1.81 bits per heavy atom. The summed E-state index contributed by atoms with van der Waals surface area (Å²) in [4.78, 5) is 28.6. The van der Waals surface area contributed by atoms with E-state index in [2.05, 4.69) is 5.32 Å². The summed E-state index contributed by atoms with van der Waals surface area (Å²) < 4.78 is 13.3. The second kappa shape index (κ2) is 9.88. The van der Waals surface area contributed by atoms with E-state index in [0.29, 0.717) is 44.2 Å². The Morgan fingerprint density at radius 3 is 2.46 bits per heavy atom. The molecule has 0 bridgehead atoms. The van der Waals surface area contributed by atoms with Gasteiger partial charge in [0.2, 0.25) is 11.8 Å². The number of hydrogen-bond acceptors (Lipinski definition) is 3. The molecule has 2 aliphatic heterocycles. The number of carbonyl (C=O) groups excluding carboxylic acids is 2. The van der Waals surface area contributed by atoms with Gasteiger partial charge in [0.1, 0.15) is 5.82 Å². The van der Waals surface area contributed by atoms with Crippen molar-refractivity contribution in [2.24, 2.45) is 0 Å². The summed E-state index contributed by atoms with van der Waals surface area (Å²) in [5.74, 6) is -0.144. The van der Waals surface area contributed by atoms with E-state index in [1.807, 2.05) is 4.90 Å². The number of amides is 2. The van der Waals surface area contributed by atoms with Gasteiger partial charge in [0.05, 0.1) is 6.42 Å². The largest absolute Gasteiger partial charge is 0.341 e. The van der Waals surface area contributed by atoms with Crippen molar-refractivity contribution in [2.75, 3.05) is 32.7 Å². The van der Waals surface area contributed by atoms with Gasteiger partial charge in [0, 0.05) is 38.6 Å². The maximum atomic E-state index is 13.3. The molecule has 2 fully saturated rings. The molecule has 1 unspecified atom stereocenters. The van der Waals surface area contributed by atoms with Crippen molar-refractivity contribution in [3.63, 3.8) is 0 Å². The second-order valence-electron chi connectivity index (χ2n) is 6.92. The average molecular weight is 384 g/mol. The Morgan fingerprint density at radius 1 is 1.08 bits per heavy atom. The highest BCUT2D eigenvalue weighted by atomic mass is 35.5. The lowest BCUT2D eigenvalue weighted by molar-refractivity contribution is -0.133. The van der Waals surface area contributed by atoms with Gasteiger partial charge in [-0.05, 0) is 43.5 Å².